The lowest BCUT2D eigenvalue weighted by Gasteiger charge is -2.28. The number of aliphatic hydroxyl groups excluding tert-OH is 1. The first kappa shape index (κ1) is 8.72. The third-order valence-electron chi connectivity index (χ3n) is 4.34. The van der Waals surface area contributed by atoms with Gasteiger partial charge in [0.1, 0.15) is 0 Å². The second-order valence-electron chi connectivity index (χ2n) is 5.01. The molecule has 0 aromatic heterocycles. The van der Waals surface area contributed by atoms with Gasteiger partial charge in [0.25, 0.3) is 0 Å². The van der Waals surface area contributed by atoms with Gasteiger partial charge < -0.3 is 10.0 Å². The molecule has 0 aromatic carbocycles. The number of carbonyl (C=O) groups is 1. The largest absolute Gasteiger partial charge is 0.391 e. The molecule has 0 spiro atoms. The molecule has 3 aliphatic rings. The highest BCUT2D eigenvalue weighted by molar-refractivity contribution is 5.83. The van der Waals surface area contributed by atoms with E-state index in [0.29, 0.717) is 17.7 Å². The molecule has 1 N–H and O–H groups in total. The van der Waals surface area contributed by atoms with E-state index in [4.69, 9.17) is 0 Å². The van der Waals surface area contributed by atoms with E-state index < -0.39 is 0 Å². The van der Waals surface area contributed by atoms with Crippen molar-refractivity contribution < 1.29 is 9.90 Å². The van der Waals surface area contributed by atoms with Crippen LogP contribution in [0.1, 0.15) is 26.2 Å². The van der Waals surface area contributed by atoms with E-state index in [1.165, 1.54) is 0 Å². The number of amides is 1. The van der Waals surface area contributed by atoms with E-state index in [-0.39, 0.29) is 18.1 Å². The number of fused-ring (bicyclic) bond motifs is 1. The van der Waals surface area contributed by atoms with Gasteiger partial charge in [0.05, 0.1) is 12.1 Å². The summed E-state index contributed by atoms with van der Waals surface area (Å²) in [5.41, 5.74) is 0. The van der Waals surface area contributed by atoms with Gasteiger partial charge in [-0.05, 0) is 31.1 Å². The van der Waals surface area contributed by atoms with Gasteiger partial charge in [0, 0.05) is 12.5 Å². The zero-order valence-electron chi connectivity index (χ0n) is 8.52. The Hall–Kier alpha value is -0.570. The summed E-state index contributed by atoms with van der Waals surface area (Å²) in [6.07, 6.45) is 2.80. The summed E-state index contributed by atoms with van der Waals surface area (Å²) in [7, 11) is 0. The minimum absolute atomic E-state index is 0.172. The van der Waals surface area contributed by atoms with Crippen molar-refractivity contribution in [1.82, 2.24) is 4.90 Å². The molecule has 0 radical (unpaired) electrons. The average Bonchev–Trinajstić information content (AvgIpc) is 2.75. The molecule has 1 saturated heterocycles. The minimum Gasteiger partial charge on any atom is -0.391 e. The van der Waals surface area contributed by atoms with E-state index >= 15 is 0 Å². The Morgan fingerprint density at radius 1 is 1.50 bits per heavy atom. The molecule has 3 heteroatoms. The van der Waals surface area contributed by atoms with Crippen LogP contribution in [0.2, 0.25) is 0 Å². The van der Waals surface area contributed by atoms with E-state index in [9.17, 15) is 9.90 Å². The Kier molecular flexibility index (Phi) is 1.69. The number of aliphatic hydroxyl groups is 1. The van der Waals surface area contributed by atoms with Gasteiger partial charge in [-0.1, -0.05) is 6.92 Å². The Balaban J connectivity index is 1.92. The van der Waals surface area contributed by atoms with Crippen LogP contribution < -0.4 is 0 Å². The van der Waals surface area contributed by atoms with Gasteiger partial charge in [0.2, 0.25) is 5.91 Å². The molecular formula is C11H17NO2. The number of nitrogens with zero attached hydrogens (tertiary/aromatic N) is 1. The average molecular weight is 195 g/mol. The molecule has 1 aliphatic heterocycles. The molecule has 0 aromatic rings. The van der Waals surface area contributed by atoms with Crippen LogP contribution in [-0.4, -0.2) is 34.6 Å². The predicted octanol–water partition coefficient (Wildman–Crippen LogP) is 0.624. The molecule has 14 heavy (non-hydrogen) atoms. The normalized spacial score (nSPS) is 49.4. The first-order valence-corrected chi connectivity index (χ1v) is 5.72. The topological polar surface area (TPSA) is 40.5 Å². The SMILES string of the molecule is CCCN1C(=O)C2CC3CC2C1C3O. The van der Waals surface area contributed by atoms with Crippen molar-refractivity contribution in [3.05, 3.63) is 0 Å². The van der Waals surface area contributed by atoms with Gasteiger partial charge in [-0.15, -0.1) is 0 Å². The summed E-state index contributed by atoms with van der Waals surface area (Å²) in [5.74, 6) is 1.48. The van der Waals surface area contributed by atoms with E-state index in [2.05, 4.69) is 6.92 Å². The molecule has 1 heterocycles. The summed E-state index contributed by atoms with van der Waals surface area (Å²) in [6, 6.07) is 0.172. The summed E-state index contributed by atoms with van der Waals surface area (Å²) >= 11 is 0. The van der Waals surface area contributed by atoms with Crippen LogP contribution in [0.3, 0.4) is 0 Å². The highest BCUT2D eigenvalue weighted by atomic mass is 16.3. The van der Waals surface area contributed by atoms with Crippen LogP contribution in [0.15, 0.2) is 0 Å². The lowest BCUT2D eigenvalue weighted by atomic mass is 9.88. The molecule has 1 amide bonds. The Morgan fingerprint density at radius 2 is 2.29 bits per heavy atom. The predicted molar refractivity (Wildman–Crippen MR) is 51.5 cm³/mol. The van der Waals surface area contributed by atoms with E-state index in [1.807, 2.05) is 4.90 Å². The number of hydrogen-bond donors (Lipinski definition) is 1. The first-order valence-electron chi connectivity index (χ1n) is 5.72. The second kappa shape index (κ2) is 2.72. The van der Waals surface area contributed by atoms with Gasteiger partial charge in [-0.25, -0.2) is 0 Å². The monoisotopic (exact) mass is 195 g/mol. The van der Waals surface area contributed by atoms with Crippen LogP contribution in [0.25, 0.3) is 0 Å². The molecule has 3 rings (SSSR count). The molecule has 3 nitrogen and oxygen atoms in total. The molecule has 2 bridgehead atoms. The third-order valence-corrected chi connectivity index (χ3v) is 4.34. The highest BCUT2D eigenvalue weighted by Gasteiger charge is 2.62. The maximum absolute atomic E-state index is 12.0. The first-order chi connectivity index (χ1) is 6.74. The molecule has 5 unspecified atom stereocenters. The minimum atomic E-state index is -0.228. The number of rotatable bonds is 2. The highest BCUT2D eigenvalue weighted by Crippen LogP contribution is 2.55. The maximum Gasteiger partial charge on any atom is 0.226 e. The fourth-order valence-electron chi connectivity index (χ4n) is 3.86. The van der Waals surface area contributed by atoms with Crippen LogP contribution in [-0.2, 0) is 4.79 Å². The van der Waals surface area contributed by atoms with Gasteiger partial charge >= 0.3 is 0 Å². The van der Waals surface area contributed by atoms with Gasteiger partial charge in [0.15, 0.2) is 0 Å². The Bertz CT molecular complexity index is 278. The summed E-state index contributed by atoms with van der Waals surface area (Å²) in [5, 5.41) is 10.0. The Labute approximate surface area is 84.1 Å². The smallest absolute Gasteiger partial charge is 0.226 e. The van der Waals surface area contributed by atoms with Crippen molar-refractivity contribution in [1.29, 1.82) is 0 Å². The summed E-state index contributed by atoms with van der Waals surface area (Å²) in [6.45, 7) is 2.92. The quantitative estimate of drug-likeness (QED) is 0.702. The summed E-state index contributed by atoms with van der Waals surface area (Å²) in [4.78, 5) is 13.9. The lowest BCUT2D eigenvalue weighted by Crippen LogP contribution is -2.42. The third kappa shape index (κ3) is 0.842. The van der Waals surface area contributed by atoms with Crippen molar-refractivity contribution >= 4 is 5.91 Å². The fraction of sp³-hybridized carbons (Fsp3) is 0.909. The van der Waals surface area contributed by atoms with Crippen LogP contribution in [0, 0.1) is 17.8 Å². The second-order valence-corrected chi connectivity index (χ2v) is 5.01. The van der Waals surface area contributed by atoms with Crippen LogP contribution in [0.5, 0.6) is 0 Å². The molecular weight excluding hydrogens is 178 g/mol. The molecule has 5 atom stereocenters. The van der Waals surface area contributed by atoms with Crippen molar-refractivity contribution in [2.75, 3.05) is 6.54 Å². The fourth-order valence-corrected chi connectivity index (χ4v) is 3.86. The van der Waals surface area contributed by atoms with Crippen LogP contribution in [0.4, 0.5) is 0 Å². The lowest BCUT2D eigenvalue weighted by molar-refractivity contribution is -0.132. The summed E-state index contributed by atoms with van der Waals surface area (Å²) < 4.78 is 0. The molecule has 78 valence electrons. The van der Waals surface area contributed by atoms with Crippen LogP contribution >= 0.6 is 0 Å². The standard InChI is InChI=1S/C11H17NO2/c1-2-3-12-9-7-4-6(10(9)13)5-8(7)11(12)14/h6-10,13H,2-5H2,1H3. The van der Waals surface area contributed by atoms with Crippen molar-refractivity contribution in [3.63, 3.8) is 0 Å². The zero-order valence-corrected chi connectivity index (χ0v) is 8.52. The number of likely N-dealkylation sites (tertiary alicyclic amines) is 1. The van der Waals surface area contributed by atoms with Crippen molar-refractivity contribution in [2.45, 2.75) is 38.3 Å². The number of carbonyl (C=O) groups excluding carboxylic acids is 1. The van der Waals surface area contributed by atoms with E-state index in [1.54, 1.807) is 0 Å². The van der Waals surface area contributed by atoms with Gasteiger partial charge in [-0.3, -0.25) is 4.79 Å². The molecule has 3 fully saturated rings. The zero-order chi connectivity index (χ0) is 9.87. The van der Waals surface area contributed by atoms with E-state index in [0.717, 1.165) is 25.8 Å². The molecule has 2 aliphatic carbocycles. The van der Waals surface area contributed by atoms with Crippen molar-refractivity contribution in [2.24, 2.45) is 17.8 Å². The maximum atomic E-state index is 12.0. The van der Waals surface area contributed by atoms with Gasteiger partial charge in [-0.2, -0.15) is 0 Å². The van der Waals surface area contributed by atoms with Crippen molar-refractivity contribution in [3.8, 4) is 0 Å². The number of hydrogen-bond acceptors (Lipinski definition) is 2. The molecule has 2 saturated carbocycles. The Morgan fingerprint density at radius 3 is 2.93 bits per heavy atom.